The van der Waals surface area contributed by atoms with Gasteiger partial charge < -0.3 is 9.73 Å². The van der Waals surface area contributed by atoms with Gasteiger partial charge in [-0.1, -0.05) is 41.9 Å². The Morgan fingerprint density at radius 1 is 1.12 bits per heavy atom. The van der Waals surface area contributed by atoms with Crippen LogP contribution in [0.5, 0.6) is 0 Å². The molecule has 0 bridgehead atoms. The van der Waals surface area contributed by atoms with E-state index < -0.39 is 0 Å². The minimum absolute atomic E-state index is 0.261. The van der Waals surface area contributed by atoms with Crippen molar-refractivity contribution in [3.63, 3.8) is 0 Å². The number of carbonyl (C=O) groups excluding carboxylic acids is 1. The fraction of sp³-hybridized carbons (Fsp3) is 0.0526. The van der Waals surface area contributed by atoms with Crippen LogP contribution in [0.3, 0.4) is 0 Å². The Labute approximate surface area is 148 Å². The molecule has 0 aliphatic carbocycles. The number of hydrogen-bond acceptors (Lipinski definition) is 3. The number of nitrogens with one attached hydrogen (secondary N) is 1. The van der Waals surface area contributed by atoms with Gasteiger partial charge in [0.1, 0.15) is 11.4 Å². The molecule has 1 N–H and O–H groups in total. The van der Waals surface area contributed by atoms with Crippen molar-refractivity contribution in [2.24, 2.45) is 0 Å². The molecule has 0 saturated heterocycles. The zero-order chi connectivity index (χ0) is 17.2. The normalized spacial score (nSPS) is 10.9. The zero-order valence-corrected chi connectivity index (χ0v) is 13.9. The van der Waals surface area contributed by atoms with Gasteiger partial charge in [0.2, 0.25) is 0 Å². The number of hydrogen-bond donors (Lipinski definition) is 1. The largest absolute Gasteiger partial charge is 0.451 e. The Morgan fingerprint density at radius 2 is 2.00 bits per heavy atom. The van der Waals surface area contributed by atoms with Crippen LogP contribution >= 0.6 is 11.6 Å². The van der Waals surface area contributed by atoms with Crippen molar-refractivity contribution in [1.82, 2.24) is 9.78 Å². The summed E-state index contributed by atoms with van der Waals surface area (Å²) in [6.45, 7) is 0.503. The van der Waals surface area contributed by atoms with E-state index in [2.05, 4.69) is 10.4 Å². The zero-order valence-electron chi connectivity index (χ0n) is 13.1. The highest BCUT2D eigenvalue weighted by Crippen LogP contribution is 2.20. The second-order valence-corrected chi connectivity index (χ2v) is 6.04. The minimum atomic E-state index is -0.316. The molecule has 2 heterocycles. The Morgan fingerprint density at radius 3 is 2.84 bits per heavy atom. The second kappa shape index (κ2) is 6.45. The number of halogens is 1. The van der Waals surface area contributed by atoms with Gasteiger partial charge in [-0.05, 0) is 29.8 Å². The first kappa shape index (κ1) is 15.5. The predicted octanol–water partition coefficient (Wildman–Crippen LogP) is 4.58. The maximum Gasteiger partial charge on any atom is 0.292 e. The van der Waals surface area contributed by atoms with Gasteiger partial charge in [-0.25, -0.2) is 4.68 Å². The molecule has 0 spiro atoms. The van der Waals surface area contributed by atoms with Gasteiger partial charge in [-0.15, -0.1) is 0 Å². The van der Waals surface area contributed by atoms with Crippen molar-refractivity contribution in [1.29, 1.82) is 0 Å². The lowest BCUT2D eigenvalue weighted by molar-refractivity contribution is 0.0997. The molecule has 0 aliphatic heterocycles. The molecule has 4 aromatic rings. The number of carbonyl (C=O) groups is 1. The minimum Gasteiger partial charge on any atom is -0.451 e. The summed E-state index contributed by atoms with van der Waals surface area (Å²) >= 11 is 6.02. The SMILES string of the molecule is O=C(Nc1ccnn1Cc1cccc(Cl)c1)c1cc2ccccc2o1. The molecule has 124 valence electrons. The molecule has 0 radical (unpaired) electrons. The highest BCUT2D eigenvalue weighted by atomic mass is 35.5. The van der Waals surface area contributed by atoms with Crippen molar-refractivity contribution in [3.05, 3.63) is 83.2 Å². The Bertz CT molecular complexity index is 1020. The standard InChI is InChI=1S/C19H14ClN3O2/c20-15-6-3-4-13(10-15)12-23-18(8-9-21-23)22-19(24)17-11-14-5-1-2-7-16(14)25-17/h1-11H,12H2,(H,22,24). The topological polar surface area (TPSA) is 60.1 Å². The Balaban J connectivity index is 1.55. The summed E-state index contributed by atoms with van der Waals surface area (Å²) in [6.07, 6.45) is 1.64. The van der Waals surface area contributed by atoms with E-state index in [1.165, 1.54) is 0 Å². The van der Waals surface area contributed by atoms with Gasteiger partial charge in [0.15, 0.2) is 5.76 Å². The average molecular weight is 352 g/mol. The molecule has 6 heteroatoms. The van der Waals surface area contributed by atoms with Crippen LogP contribution in [0.1, 0.15) is 16.1 Å². The first-order valence-electron chi connectivity index (χ1n) is 7.75. The lowest BCUT2D eigenvalue weighted by Gasteiger charge is -2.08. The van der Waals surface area contributed by atoms with Crippen molar-refractivity contribution in [3.8, 4) is 0 Å². The monoisotopic (exact) mass is 351 g/mol. The Kier molecular flexibility index (Phi) is 3.99. The van der Waals surface area contributed by atoms with E-state index in [4.69, 9.17) is 16.0 Å². The lowest BCUT2D eigenvalue weighted by atomic mass is 10.2. The van der Waals surface area contributed by atoms with E-state index in [0.717, 1.165) is 10.9 Å². The van der Waals surface area contributed by atoms with Gasteiger partial charge in [-0.3, -0.25) is 4.79 Å². The second-order valence-electron chi connectivity index (χ2n) is 5.61. The number of anilines is 1. The van der Waals surface area contributed by atoms with E-state index in [9.17, 15) is 4.79 Å². The first-order chi connectivity index (χ1) is 12.2. The van der Waals surface area contributed by atoms with Crippen LogP contribution in [0.4, 0.5) is 5.82 Å². The quantitative estimate of drug-likeness (QED) is 0.585. The lowest BCUT2D eigenvalue weighted by Crippen LogP contribution is -2.15. The molecule has 0 aliphatic rings. The van der Waals surface area contributed by atoms with Gasteiger partial charge >= 0.3 is 0 Å². The fourth-order valence-corrected chi connectivity index (χ4v) is 2.86. The van der Waals surface area contributed by atoms with Gasteiger partial charge in [0.25, 0.3) is 5.91 Å². The van der Waals surface area contributed by atoms with E-state index in [-0.39, 0.29) is 11.7 Å². The summed E-state index contributed by atoms with van der Waals surface area (Å²) in [7, 11) is 0. The van der Waals surface area contributed by atoms with Crippen molar-refractivity contribution < 1.29 is 9.21 Å². The number of furan rings is 1. The number of benzene rings is 2. The number of amides is 1. The number of aromatic nitrogens is 2. The van der Waals surface area contributed by atoms with Gasteiger partial charge in [0.05, 0.1) is 12.7 Å². The van der Waals surface area contributed by atoms with Crippen LogP contribution < -0.4 is 5.32 Å². The molecule has 0 fully saturated rings. The van der Waals surface area contributed by atoms with Crippen molar-refractivity contribution >= 4 is 34.3 Å². The van der Waals surface area contributed by atoms with Crippen LogP contribution in [-0.2, 0) is 6.54 Å². The molecule has 0 saturated carbocycles. The summed E-state index contributed by atoms with van der Waals surface area (Å²) in [5, 5.41) is 8.65. The highest BCUT2D eigenvalue weighted by Gasteiger charge is 2.14. The van der Waals surface area contributed by atoms with Crippen LogP contribution in [0.25, 0.3) is 11.0 Å². The third-order valence-corrected chi connectivity index (χ3v) is 4.06. The van der Waals surface area contributed by atoms with E-state index in [0.29, 0.717) is 23.0 Å². The van der Waals surface area contributed by atoms with E-state index in [1.54, 1.807) is 23.0 Å². The molecule has 25 heavy (non-hydrogen) atoms. The molecule has 4 rings (SSSR count). The Hall–Kier alpha value is -3.05. The molecule has 0 atom stereocenters. The maximum atomic E-state index is 12.5. The molecule has 1 amide bonds. The van der Waals surface area contributed by atoms with Crippen LogP contribution in [0.15, 0.2) is 71.3 Å². The number of nitrogens with zero attached hydrogens (tertiary/aromatic N) is 2. The predicted molar refractivity (Wildman–Crippen MR) is 96.9 cm³/mol. The summed E-state index contributed by atoms with van der Waals surface area (Å²) < 4.78 is 7.29. The molecule has 5 nitrogen and oxygen atoms in total. The van der Waals surface area contributed by atoms with Crippen LogP contribution in [-0.4, -0.2) is 15.7 Å². The summed E-state index contributed by atoms with van der Waals surface area (Å²) in [6, 6.07) is 18.5. The molecule has 2 aromatic carbocycles. The summed E-state index contributed by atoms with van der Waals surface area (Å²) in [5.74, 6) is 0.534. The third kappa shape index (κ3) is 3.27. The van der Waals surface area contributed by atoms with Gasteiger partial charge in [0, 0.05) is 16.5 Å². The van der Waals surface area contributed by atoms with Crippen molar-refractivity contribution in [2.75, 3.05) is 5.32 Å². The van der Waals surface area contributed by atoms with Crippen LogP contribution in [0.2, 0.25) is 5.02 Å². The number of para-hydroxylation sites is 1. The molecular weight excluding hydrogens is 338 g/mol. The maximum absolute atomic E-state index is 12.5. The van der Waals surface area contributed by atoms with E-state index in [1.807, 2.05) is 48.5 Å². The highest BCUT2D eigenvalue weighted by molar-refractivity contribution is 6.30. The third-order valence-electron chi connectivity index (χ3n) is 3.83. The number of fused-ring (bicyclic) bond motifs is 1. The van der Waals surface area contributed by atoms with Crippen molar-refractivity contribution in [2.45, 2.75) is 6.54 Å². The van der Waals surface area contributed by atoms with Crippen LogP contribution in [0, 0.1) is 0 Å². The smallest absolute Gasteiger partial charge is 0.292 e. The van der Waals surface area contributed by atoms with Gasteiger partial charge in [-0.2, -0.15) is 5.10 Å². The molecular formula is C19H14ClN3O2. The fourth-order valence-electron chi connectivity index (χ4n) is 2.64. The first-order valence-corrected chi connectivity index (χ1v) is 8.13. The summed E-state index contributed by atoms with van der Waals surface area (Å²) in [4.78, 5) is 12.5. The molecule has 0 unspecified atom stereocenters. The number of rotatable bonds is 4. The molecule has 2 aromatic heterocycles. The average Bonchev–Trinajstić information content (AvgIpc) is 3.22. The van der Waals surface area contributed by atoms with E-state index >= 15 is 0 Å². The summed E-state index contributed by atoms with van der Waals surface area (Å²) in [5.41, 5.74) is 1.68.